The molecule has 24 heavy (non-hydrogen) atoms. The Morgan fingerprint density at radius 3 is 2.42 bits per heavy atom. The maximum atomic E-state index is 13.2. The van der Waals surface area contributed by atoms with Crippen molar-refractivity contribution in [2.75, 3.05) is 12.0 Å². The van der Waals surface area contributed by atoms with E-state index in [1.807, 2.05) is 29.2 Å². The third-order valence-corrected chi connectivity index (χ3v) is 5.36. The standard InChI is InChI=1S/C19H28N2O2.ClH/c1-13(14-6-7-14)21(17-8-10-18(23-2)11-9-17)19(22)15-4-3-5-16(20)12-15;/h8-11,13-16H,3-7,12,20H2,1-2H3;1H. The van der Waals surface area contributed by atoms with Crippen LogP contribution in [0.2, 0.25) is 0 Å². The molecule has 2 N–H and O–H groups in total. The first-order valence-corrected chi connectivity index (χ1v) is 8.83. The van der Waals surface area contributed by atoms with E-state index in [-0.39, 0.29) is 36.3 Å². The van der Waals surface area contributed by atoms with Crippen LogP contribution < -0.4 is 15.4 Å². The fraction of sp³-hybridized carbons (Fsp3) is 0.632. The maximum absolute atomic E-state index is 13.2. The average Bonchev–Trinajstić information content (AvgIpc) is 3.40. The monoisotopic (exact) mass is 352 g/mol. The molecule has 0 bridgehead atoms. The van der Waals surface area contributed by atoms with Crippen LogP contribution in [-0.4, -0.2) is 25.1 Å². The Kier molecular flexibility index (Phi) is 6.53. The average molecular weight is 353 g/mol. The first-order chi connectivity index (χ1) is 11.1. The molecule has 5 heteroatoms. The van der Waals surface area contributed by atoms with Gasteiger partial charge >= 0.3 is 0 Å². The topological polar surface area (TPSA) is 55.6 Å². The summed E-state index contributed by atoms with van der Waals surface area (Å²) in [5.41, 5.74) is 7.08. The molecule has 2 saturated carbocycles. The fourth-order valence-corrected chi connectivity index (χ4v) is 3.74. The van der Waals surface area contributed by atoms with Gasteiger partial charge in [0, 0.05) is 23.7 Å². The molecular weight excluding hydrogens is 324 g/mol. The summed E-state index contributed by atoms with van der Waals surface area (Å²) in [5, 5.41) is 0. The van der Waals surface area contributed by atoms with Crippen LogP contribution in [0.25, 0.3) is 0 Å². The van der Waals surface area contributed by atoms with Crippen LogP contribution in [0.1, 0.15) is 45.4 Å². The third-order valence-electron chi connectivity index (χ3n) is 5.36. The van der Waals surface area contributed by atoms with Gasteiger partial charge < -0.3 is 15.4 Å². The summed E-state index contributed by atoms with van der Waals surface area (Å²) >= 11 is 0. The minimum Gasteiger partial charge on any atom is -0.497 e. The molecule has 0 spiro atoms. The number of nitrogens with two attached hydrogens (primary N) is 1. The Hall–Kier alpha value is -1.26. The van der Waals surface area contributed by atoms with Crippen molar-refractivity contribution in [3.63, 3.8) is 0 Å². The molecule has 134 valence electrons. The number of hydrogen-bond acceptors (Lipinski definition) is 3. The number of carbonyl (C=O) groups excluding carboxylic acids is 1. The Morgan fingerprint density at radius 1 is 1.21 bits per heavy atom. The molecule has 3 atom stereocenters. The first kappa shape index (κ1) is 19.1. The Bertz CT molecular complexity index is 545. The highest BCUT2D eigenvalue weighted by Gasteiger charge is 2.38. The number of halogens is 1. The van der Waals surface area contributed by atoms with Crippen LogP contribution in [0.3, 0.4) is 0 Å². The summed E-state index contributed by atoms with van der Waals surface area (Å²) in [6, 6.07) is 8.29. The zero-order valence-electron chi connectivity index (χ0n) is 14.6. The van der Waals surface area contributed by atoms with Crippen molar-refractivity contribution in [3.8, 4) is 5.75 Å². The van der Waals surface area contributed by atoms with Crippen molar-refractivity contribution in [3.05, 3.63) is 24.3 Å². The molecule has 3 rings (SSSR count). The van der Waals surface area contributed by atoms with Gasteiger partial charge in [-0.05, 0) is 69.2 Å². The van der Waals surface area contributed by atoms with Crippen molar-refractivity contribution in [2.24, 2.45) is 17.6 Å². The van der Waals surface area contributed by atoms with E-state index in [0.29, 0.717) is 5.92 Å². The lowest BCUT2D eigenvalue weighted by Crippen LogP contribution is -2.46. The van der Waals surface area contributed by atoms with Gasteiger partial charge in [0.25, 0.3) is 0 Å². The number of hydrogen-bond donors (Lipinski definition) is 1. The lowest BCUT2D eigenvalue weighted by Gasteiger charge is -2.35. The second-order valence-corrected chi connectivity index (χ2v) is 7.11. The number of ether oxygens (including phenoxy) is 1. The van der Waals surface area contributed by atoms with Crippen molar-refractivity contribution in [1.29, 1.82) is 0 Å². The van der Waals surface area contributed by atoms with Gasteiger partial charge in [0.1, 0.15) is 5.75 Å². The molecule has 0 aliphatic heterocycles. The summed E-state index contributed by atoms with van der Waals surface area (Å²) in [4.78, 5) is 15.2. The van der Waals surface area contributed by atoms with Gasteiger partial charge in [-0.15, -0.1) is 12.4 Å². The lowest BCUT2D eigenvalue weighted by molar-refractivity contribution is -0.124. The quantitative estimate of drug-likeness (QED) is 0.877. The van der Waals surface area contributed by atoms with Gasteiger partial charge in [-0.2, -0.15) is 0 Å². The number of amides is 1. The summed E-state index contributed by atoms with van der Waals surface area (Å²) in [6.07, 6.45) is 6.35. The van der Waals surface area contributed by atoms with Crippen molar-refractivity contribution in [1.82, 2.24) is 0 Å². The third kappa shape index (κ3) is 4.22. The SMILES string of the molecule is COc1ccc(N(C(=O)C2CCCC(N)C2)C(C)C2CC2)cc1.Cl. The van der Waals surface area contributed by atoms with Crippen LogP contribution in [-0.2, 0) is 4.79 Å². The van der Waals surface area contributed by atoms with Crippen LogP contribution in [0.5, 0.6) is 5.75 Å². The number of anilines is 1. The summed E-state index contributed by atoms with van der Waals surface area (Å²) < 4.78 is 5.24. The van der Waals surface area contributed by atoms with Gasteiger partial charge in [-0.1, -0.05) is 6.42 Å². The predicted octanol–water partition coefficient (Wildman–Crippen LogP) is 3.77. The molecule has 1 aromatic carbocycles. The number of methoxy groups -OCH3 is 1. The van der Waals surface area contributed by atoms with Gasteiger partial charge in [-0.3, -0.25) is 4.79 Å². The highest BCUT2D eigenvalue weighted by Crippen LogP contribution is 2.39. The molecular formula is C19H29ClN2O2. The smallest absolute Gasteiger partial charge is 0.230 e. The van der Waals surface area contributed by atoms with E-state index in [4.69, 9.17) is 10.5 Å². The minimum atomic E-state index is 0. The predicted molar refractivity (Wildman–Crippen MR) is 99.8 cm³/mol. The van der Waals surface area contributed by atoms with E-state index >= 15 is 0 Å². The number of carbonyl (C=O) groups is 1. The van der Waals surface area contributed by atoms with Gasteiger partial charge in [0.05, 0.1) is 7.11 Å². The summed E-state index contributed by atoms with van der Waals surface area (Å²) in [7, 11) is 1.66. The van der Waals surface area contributed by atoms with Crippen LogP contribution in [0.15, 0.2) is 24.3 Å². The van der Waals surface area contributed by atoms with E-state index in [2.05, 4.69) is 6.92 Å². The molecule has 2 fully saturated rings. The van der Waals surface area contributed by atoms with E-state index in [0.717, 1.165) is 37.1 Å². The molecule has 0 aromatic heterocycles. The Balaban J connectivity index is 0.00000208. The van der Waals surface area contributed by atoms with E-state index < -0.39 is 0 Å². The van der Waals surface area contributed by atoms with Crippen LogP contribution in [0, 0.1) is 11.8 Å². The highest BCUT2D eigenvalue weighted by molar-refractivity contribution is 5.95. The van der Waals surface area contributed by atoms with Crippen molar-refractivity contribution >= 4 is 24.0 Å². The minimum absolute atomic E-state index is 0. The number of nitrogens with zero attached hydrogens (tertiary/aromatic N) is 1. The molecule has 0 saturated heterocycles. The molecule has 2 aliphatic rings. The van der Waals surface area contributed by atoms with Crippen LogP contribution >= 0.6 is 12.4 Å². The van der Waals surface area contributed by atoms with E-state index in [9.17, 15) is 4.79 Å². The molecule has 2 aliphatic carbocycles. The van der Waals surface area contributed by atoms with Crippen molar-refractivity contribution < 1.29 is 9.53 Å². The van der Waals surface area contributed by atoms with Gasteiger partial charge in [0.15, 0.2) is 0 Å². The molecule has 3 unspecified atom stereocenters. The van der Waals surface area contributed by atoms with E-state index in [1.165, 1.54) is 12.8 Å². The maximum Gasteiger partial charge on any atom is 0.230 e. The molecule has 4 nitrogen and oxygen atoms in total. The summed E-state index contributed by atoms with van der Waals surface area (Å²) in [6.45, 7) is 2.18. The number of rotatable bonds is 5. The normalized spacial score (nSPS) is 24.6. The zero-order valence-corrected chi connectivity index (χ0v) is 15.4. The first-order valence-electron chi connectivity index (χ1n) is 8.83. The van der Waals surface area contributed by atoms with Crippen LogP contribution in [0.4, 0.5) is 5.69 Å². The van der Waals surface area contributed by atoms with Crippen molar-refractivity contribution in [2.45, 2.75) is 57.5 Å². The second kappa shape index (κ2) is 8.21. The second-order valence-electron chi connectivity index (χ2n) is 7.11. The molecule has 1 aromatic rings. The molecule has 0 radical (unpaired) electrons. The fourth-order valence-electron chi connectivity index (χ4n) is 3.74. The Labute approximate surface area is 151 Å². The van der Waals surface area contributed by atoms with Gasteiger partial charge in [0.2, 0.25) is 5.91 Å². The zero-order chi connectivity index (χ0) is 16.4. The largest absolute Gasteiger partial charge is 0.497 e. The molecule has 1 amide bonds. The highest BCUT2D eigenvalue weighted by atomic mass is 35.5. The Morgan fingerprint density at radius 2 is 1.88 bits per heavy atom. The lowest BCUT2D eigenvalue weighted by atomic mass is 9.84. The summed E-state index contributed by atoms with van der Waals surface area (Å²) in [5.74, 6) is 1.78. The van der Waals surface area contributed by atoms with E-state index in [1.54, 1.807) is 7.11 Å². The van der Waals surface area contributed by atoms with Gasteiger partial charge in [-0.25, -0.2) is 0 Å². The number of benzene rings is 1. The molecule has 0 heterocycles.